The number of carbonyl (C=O) groups is 1. The maximum absolute atomic E-state index is 14.0. The third-order valence-corrected chi connectivity index (χ3v) is 8.18. The van der Waals surface area contributed by atoms with E-state index in [9.17, 15) is 19.7 Å². The van der Waals surface area contributed by atoms with E-state index in [2.05, 4.69) is 4.99 Å². The Morgan fingerprint density at radius 2 is 1.95 bits per heavy atom. The molecule has 1 atom stereocenters. The minimum absolute atomic E-state index is 0.175. The standard InChI is InChI=1S/C31H22ClN3O6S/c1-3-40-30(37)27-17(2)33-31-34(28(27)22-10-6-8-18-7-4-5-9-21(18)22)29(36)26(42-31)16-20-12-14-25(41-20)23-13-11-19(32)15-24(23)35(38)39/h4-16,28H,3H2,1-2H3/b26-16-/t28-/m0/s1. The van der Waals surface area contributed by atoms with Crippen LogP contribution in [0.1, 0.15) is 31.2 Å². The van der Waals surface area contributed by atoms with Crippen molar-refractivity contribution in [1.29, 1.82) is 0 Å². The molecular formula is C31H22ClN3O6S. The molecule has 1 aliphatic rings. The smallest absolute Gasteiger partial charge is 0.338 e. The van der Waals surface area contributed by atoms with Gasteiger partial charge in [0, 0.05) is 17.2 Å². The predicted octanol–water partition coefficient (Wildman–Crippen LogP) is 5.77. The van der Waals surface area contributed by atoms with Crippen molar-refractivity contribution >= 4 is 51.4 Å². The molecule has 1 aliphatic heterocycles. The lowest BCUT2D eigenvalue weighted by atomic mass is 9.91. The Labute approximate surface area is 247 Å². The second kappa shape index (κ2) is 10.9. The van der Waals surface area contributed by atoms with Crippen LogP contribution in [0.25, 0.3) is 28.2 Å². The summed E-state index contributed by atoms with van der Waals surface area (Å²) in [5.41, 5.74) is 1.24. The summed E-state index contributed by atoms with van der Waals surface area (Å²) in [7, 11) is 0. The quantitative estimate of drug-likeness (QED) is 0.139. The lowest BCUT2D eigenvalue weighted by Crippen LogP contribution is -2.40. The molecule has 0 radical (unpaired) electrons. The molecule has 5 aromatic rings. The van der Waals surface area contributed by atoms with Crippen molar-refractivity contribution in [2.24, 2.45) is 4.99 Å². The molecule has 0 saturated carbocycles. The summed E-state index contributed by atoms with van der Waals surface area (Å²) >= 11 is 7.12. The zero-order chi connectivity index (χ0) is 29.5. The van der Waals surface area contributed by atoms with E-state index in [1.165, 1.54) is 16.7 Å². The van der Waals surface area contributed by atoms with Crippen molar-refractivity contribution < 1.29 is 18.9 Å². The number of nitrogens with zero attached hydrogens (tertiary/aromatic N) is 3. The Bertz CT molecular complexity index is 2120. The Morgan fingerprint density at radius 1 is 1.17 bits per heavy atom. The number of ether oxygens (including phenoxy) is 1. The van der Waals surface area contributed by atoms with E-state index in [-0.39, 0.29) is 34.2 Å². The first-order valence-electron chi connectivity index (χ1n) is 13.0. The number of allylic oxidation sites excluding steroid dienone is 1. The van der Waals surface area contributed by atoms with Crippen LogP contribution in [0.2, 0.25) is 5.02 Å². The number of thiazole rings is 1. The van der Waals surface area contributed by atoms with Crippen molar-refractivity contribution in [1.82, 2.24) is 4.57 Å². The number of benzene rings is 3. The number of aromatic nitrogens is 1. The normalized spacial score (nSPS) is 15.0. The fourth-order valence-electron chi connectivity index (χ4n) is 5.14. The number of nitro benzene ring substituents is 1. The van der Waals surface area contributed by atoms with E-state index >= 15 is 0 Å². The number of rotatable bonds is 6. The van der Waals surface area contributed by atoms with Crippen LogP contribution in [-0.2, 0) is 9.53 Å². The Morgan fingerprint density at radius 3 is 2.74 bits per heavy atom. The molecule has 11 heteroatoms. The largest absolute Gasteiger partial charge is 0.463 e. The molecular weight excluding hydrogens is 578 g/mol. The fraction of sp³-hybridized carbons (Fsp3) is 0.129. The first kappa shape index (κ1) is 27.4. The molecule has 0 amide bonds. The van der Waals surface area contributed by atoms with Gasteiger partial charge < -0.3 is 9.15 Å². The minimum atomic E-state index is -0.766. The molecule has 0 aliphatic carbocycles. The third kappa shape index (κ3) is 4.74. The molecule has 0 bridgehead atoms. The van der Waals surface area contributed by atoms with E-state index < -0.39 is 16.9 Å². The van der Waals surface area contributed by atoms with E-state index in [1.807, 2.05) is 42.5 Å². The second-order valence-corrected chi connectivity index (χ2v) is 10.9. The summed E-state index contributed by atoms with van der Waals surface area (Å²) in [4.78, 5) is 43.3. The van der Waals surface area contributed by atoms with Crippen LogP contribution in [0.5, 0.6) is 0 Å². The van der Waals surface area contributed by atoms with Crippen LogP contribution >= 0.6 is 22.9 Å². The van der Waals surface area contributed by atoms with Crippen molar-refractivity contribution in [3.05, 3.63) is 130 Å². The van der Waals surface area contributed by atoms with Gasteiger partial charge in [0.15, 0.2) is 4.80 Å². The first-order chi connectivity index (χ1) is 20.3. The van der Waals surface area contributed by atoms with Crippen LogP contribution in [0.15, 0.2) is 98.3 Å². The van der Waals surface area contributed by atoms with E-state index in [0.717, 1.165) is 27.7 Å². The first-order valence-corrected chi connectivity index (χ1v) is 14.2. The zero-order valence-electron chi connectivity index (χ0n) is 22.4. The molecule has 0 N–H and O–H groups in total. The van der Waals surface area contributed by atoms with Gasteiger partial charge in [-0.3, -0.25) is 19.5 Å². The van der Waals surface area contributed by atoms with Crippen LogP contribution in [0, 0.1) is 10.1 Å². The summed E-state index contributed by atoms with van der Waals surface area (Å²) in [6.07, 6.45) is 1.57. The molecule has 2 aromatic heterocycles. The highest BCUT2D eigenvalue weighted by Gasteiger charge is 2.34. The highest BCUT2D eigenvalue weighted by molar-refractivity contribution is 7.07. The Balaban J connectivity index is 1.52. The summed E-state index contributed by atoms with van der Waals surface area (Å²) in [6, 6.07) is 20.3. The van der Waals surface area contributed by atoms with Crippen molar-refractivity contribution in [3.8, 4) is 11.3 Å². The number of fused-ring (bicyclic) bond motifs is 2. The number of hydrogen-bond acceptors (Lipinski definition) is 8. The number of hydrogen-bond donors (Lipinski definition) is 0. The lowest BCUT2D eigenvalue weighted by molar-refractivity contribution is -0.384. The van der Waals surface area contributed by atoms with Crippen LogP contribution < -0.4 is 14.9 Å². The van der Waals surface area contributed by atoms with Gasteiger partial charge in [0.2, 0.25) is 0 Å². The van der Waals surface area contributed by atoms with Crippen LogP contribution in [-0.4, -0.2) is 22.1 Å². The topological polar surface area (TPSA) is 117 Å². The van der Waals surface area contributed by atoms with Gasteiger partial charge in [-0.05, 0) is 54.4 Å². The molecule has 6 rings (SSSR count). The highest BCUT2D eigenvalue weighted by atomic mass is 35.5. The predicted molar refractivity (Wildman–Crippen MR) is 160 cm³/mol. The fourth-order valence-corrected chi connectivity index (χ4v) is 6.34. The molecule has 0 spiro atoms. The molecule has 3 heterocycles. The maximum atomic E-state index is 14.0. The SMILES string of the molecule is CCOC(=O)C1=C(C)N=c2s/c(=C\c3ccc(-c4ccc(Cl)cc4[N+](=O)[O-])o3)c(=O)n2[C@H]1c1cccc2ccccc12. The Hall–Kier alpha value is -4.80. The number of nitro groups is 1. The van der Waals surface area contributed by atoms with E-state index in [0.29, 0.717) is 26.4 Å². The summed E-state index contributed by atoms with van der Waals surface area (Å²) in [5, 5.41) is 13.7. The maximum Gasteiger partial charge on any atom is 0.338 e. The van der Waals surface area contributed by atoms with Gasteiger partial charge >= 0.3 is 5.97 Å². The molecule has 0 saturated heterocycles. The third-order valence-electron chi connectivity index (χ3n) is 6.96. The number of esters is 1. The van der Waals surface area contributed by atoms with Crippen molar-refractivity contribution in [3.63, 3.8) is 0 Å². The summed E-state index contributed by atoms with van der Waals surface area (Å²) < 4.78 is 13.2. The molecule has 42 heavy (non-hydrogen) atoms. The molecule has 3 aromatic carbocycles. The number of furan rings is 1. The van der Waals surface area contributed by atoms with Gasteiger partial charge in [0.05, 0.1) is 38.9 Å². The summed E-state index contributed by atoms with van der Waals surface area (Å²) in [5.74, 6) is 0.0419. The van der Waals surface area contributed by atoms with Gasteiger partial charge in [-0.1, -0.05) is 65.4 Å². The molecule has 9 nitrogen and oxygen atoms in total. The minimum Gasteiger partial charge on any atom is -0.463 e. The van der Waals surface area contributed by atoms with Gasteiger partial charge in [0.1, 0.15) is 11.5 Å². The van der Waals surface area contributed by atoms with Crippen molar-refractivity contribution in [2.45, 2.75) is 19.9 Å². The van der Waals surface area contributed by atoms with Crippen LogP contribution in [0.4, 0.5) is 5.69 Å². The number of carbonyl (C=O) groups excluding carboxylic acids is 1. The number of halogens is 1. The van der Waals surface area contributed by atoms with Crippen LogP contribution in [0.3, 0.4) is 0 Å². The molecule has 0 fully saturated rings. The highest BCUT2D eigenvalue weighted by Crippen LogP contribution is 2.35. The van der Waals surface area contributed by atoms with E-state index in [1.54, 1.807) is 38.1 Å². The summed E-state index contributed by atoms with van der Waals surface area (Å²) in [6.45, 7) is 3.64. The molecule has 0 unspecified atom stereocenters. The average molecular weight is 600 g/mol. The van der Waals surface area contributed by atoms with Gasteiger partial charge in [-0.25, -0.2) is 9.79 Å². The average Bonchev–Trinajstić information content (AvgIpc) is 3.56. The zero-order valence-corrected chi connectivity index (χ0v) is 23.9. The molecule has 210 valence electrons. The monoisotopic (exact) mass is 599 g/mol. The Kier molecular flexibility index (Phi) is 7.09. The second-order valence-electron chi connectivity index (χ2n) is 9.49. The van der Waals surface area contributed by atoms with Gasteiger partial charge in [-0.15, -0.1) is 0 Å². The van der Waals surface area contributed by atoms with E-state index in [4.69, 9.17) is 20.8 Å². The van der Waals surface area contributed by atoms with Gasteiger partial charge in [-0.2, -0.15) is 0 Å². The van der Waals surface area contributed by atoms with Crippen molar-refractivity contribution in [2.75, 3.05) is 6.61 Å². The van der Waals surface area contributed by atoms with Gasteiger partial charge in [0.25, 0.3) is 11.2 Å². The lowest BCUT2D eigenvalue weighted by Gasteiger charge is -2.25.